The zero-order chi connectivity index (χ0) is 49.0. The molecule has 13 rings (SSSR count). The van der Waals surface area contributed by atoms with E-state index in [9.17, 15) is 0 Å². The van der Waals surface area contributed by atoms with Gasteiger partial charge in [-0.25, -0.2) is 0 Å². The highest BCUT2D eigenvalue weighted by atomic mass is 15.0. The molecular formula is C70H56N2. The maximum atomic E-state index is 2.38. The Labute approximate surface area is 423 Å². The van der Waals surface area contributed by atoms with Crippen LogP contribution in [0.3, 0.4) is 0 Å². The molecule has 72 heavy (non-hydrogen) atoms. The van der Waals surface area contributed by atoms with Crippen LogP contribution in [0.5, 0.6) is 0 Å². The summed E-state index contributed by atoms with van der Waals surface area (Å²) in [4.78, 5) is 0. The number of fused-ring (bicyclic) bond motifs is 6. The maximum Gasteiger partial charge on any atom is 0.0541 e. The minimum absolute atomic E-state index is 1.15. The Morgan fingerprint density at radius 3 is 0.708 bits per heavy atom. The molecule has 13 aromatic rings. The van der Waals surface area contributed by atoms with Crippen molar-refractivity contribution in [2.45, 2.75) is 27.7 Å². The fourth-order valence-corrected chi connectivity index (χ4v) is 10.4. The van der Waals surface area contributed by atoms with E-state index in [1.807, 2.05) is 27.7 Å². The van der Waals surface area contributed by atoms with E-state index in [1.165, 1.54) is 110 Å². The van der Waals surface area contributed by atoms with Gasteiger partial charge in [-0.15, -0.1) is 0 Å². The molecule has 0 fully saturated rings. The number of hydrogen-bond donors (Lipinski definition) is 0. The lowest BCUT2D eigenvalue weighted by Crippen LogP contribution is -1.94. The molecule has 0 unspecified atom stereocenters. The fraction of sp³-hybridized carbons (Fsp3) is 0.0571. The summed E-state index contributed by atoms with van der Waals surface area (Å²) in [5.74, 6) is 0. The summed E-state index contributed by atoms with van der Waals surface area (Å²) in [7, 11) is 0. The largest absolute Gasteiger partial charge is 0.309 e. The SMILES string of the molecule is CC.CC.c1ccc(-c2cc(-c3ccc(-n4c5ccccc5c5ccccc54)cc3)cc(-c3cccc(-c4cc(-c5ccccc5)cc(-c5ccc(-n6c7ccccc7c7ccccc76)cc5)c4)c3)c2)cc1. The van der Waals surface area contributed by atoms with E-state index >= 15 is 0 Å². The average Bonchev–Trinajstić information content (AvgIpc) is 4.00. The third-order valence-corrected chi connectivity index (χ3v) is 13.7. The zero-order valence-corrected chi connectivity index (χ0v) is 41.3. The standard InChI is InChI=1S/C66H44N2.2C2H6/c1-3-16-45(17-4-1)51-39-53(47-30-34-57(35-31-47)67-63-26-11-7-22-59(63)60-23-8-12-27-64(60)67)43-55(41-51)49-20-15-21-50(38-49)56-42-52(46-18-5-2-6-19-46)40-54(44-56)48-32-36-58(37-33-48)68-65-28-13-9-24-61(65)62-25-10-14-29-66(62)68;2*1-2/h1-44H;2*1-2H3. The van der Waals surface area contributed by atoms with Crippen molar-refractivity contribution in [3.05, 3.63) is 267 Å². The Morgan fingerprint density at radius 2 is 0.403 bits per heavy atom. The van der Waals surface area contributed by atoms with Gasteiger partial charge in [-0.2, -0.15) is 0 Å². The van der Waals surface area contributed by atoms with Crippen molar-refractivity contribution in [1.82, 2.24) is 9.13 Å². The molecule has 346 valence electrons. The first-order valence-corrected chi connectivity index (χ1v) is 25.4. The van der Waals surface area contributed by atoms with Gasteiger partial charge in [0, 0.05) is 32.9 Å². The van der Waals surface area contributed by atoms with Gasteiger partial charge in [0.1, 0.15) is 0 Å². The summed E-state index contributed by atoms with van der Waals surface area (Å²) >= 11 is 0. The number of hydrogen-bond acceptors (Lipinski definition) is 0. The Bertz CT molecular complexity index is 3620. The molecule has 2 heterocycles. The van der Waals surface area contributed by atoms with E-state index in [2.05, 4.69) is 276 Å². The predicted molar refractivity (Wildman–Crippen MR) is 310 cm³/mol. The quantitative estimate of drug-likeness (QED) is 0.144. The van der Waals surface area contributed by atoms with E-state index in [0.29, 0.717) is 0 Å². The summed E-state index contributed by atoms with van der Waals surface area (Å²) < 4.78 is 4.76. The van der Waals surface area contributed by atoms with Gasteiger partial charge in [0.2, 0.25) is 0 Å². The van der Waals surface area contributed by atoms with E-state index < -0.39 is 0 Å². The molecule has 0 aliphatic carbocycles. The highest BCUT2D eigenvalue weighted by Crippen LogP contribution is 2.39. The van der Waals surface area contributed by atoms with Crippen LogP contribution in [0.25, 0.3) is 122 Å². The highest BCUT2D eigenvalue weighted by molar-refractivity contribution is 6.10. The Kier molecular flexibility index (Phi) is 12.7. The number of benzene rings is 11. The highest BCUT2D eigenvalue weighted by Gasteiger charge is 2.16. The molecule has 0 bridgehead atoms. The lowest BCUT2D eigenvalue weighted by Gasteiger charge is -2.15. The minimum atomic E-state index is 1.15. The predicted octanol–water partition coefficient (Wildman–Crippen LogP) is 19.9. The third-order valence-electron chi connectivity index (χ3n) is 13.7. The van der Waals surface area contributed by atoms with Crippen LogP contribution in [0, 0.1) is 0 Å². The summed E-state index contributed by atoms with van der Waals surface area (Å²) in [6.45, 7) is 8.00. The number of rotatable bonds is 8. The van der Waals surface area contributed by atoms with Gasteiger partial charge in [0.05, 0.1) is 22.1 Å². The average molecular weight is 925 g/mol. The van der Waals surface area contributed by atoms with Crippen molar-refractivity contribution in [3.8, 4) is 78.1 Å². The van der Waals surface area contributed by atoms with Gasteiger partial charge < -0.3 is 9.13 Å². The van der Waals surface area contributed by atoms with Gasteiger partial charge in [-0.05, 0) is 158 Å². The fourth-order valence-electron chi connectivity index (χ4n) is 10.4. The van der Waals surface area contributed by atoms with Crippen LogP contribution < -0.4 is 0 Å². The summed E-state index contributed by atoms with van der Waals surface area (Å²) in [5.41, 5.74) is 21.3. The molecule has 0 saturated heterocycles. The Balaban J connectivity index is 0.00000137. The van der Waals surface area contributed by atoms with Crippen molar-refractivity contribution in [3.63, 3.8) is 0 Å². The summed E-state index contributed by atoms with van der Waals surface area (Å²) in [5, 5.41) is 5.07. The first-order chi connectivity index (χ1) is 35.7. The van der Waals surface area contributed by atoms with Crippen molar-refractivity contribution in [2.75, 3.05) is 0 Å². The Hall–Kier alpha value is -8.98. The molecule has 0 radical (unpaired) electrons. The zero-order valence-electron chi connectivity index (χ0n) is 41.3. The van der Waals surface area contributed by atoms with Gasteiger partial charge in [0.15, 0.2) is 0 Å². The van der Waals surface area contributed by atoms with E-state index in [-0.39, 0.29) is 0 Å². The smallest absolute Gasteiger partial charge is 0.0541 e. The van der Waals surface area contributed by atoms with Crippen LogP contribution in [0.1, 0.15) is 27.7 Å². The van der Waals surface area contributed by atoms with Gasteiger partial charge in [0.25, 0.3) is 0 Å². The van der Waals surface area contributed by atoms with E-state index in [4.69, 9.17) is 0 Å². The van der Waals surface area contributed by atoms with Crippen LogP contribution >= 0.6 is 0 Å². The molecule has 11 aromatic carbocycles. The second-order valence-corrected chi connectivity index (χ2v) is 17.7. The third kappa shape index (κ3) is 8.48. The van der Waals surface area contributed by atoms with Crippen molar-refractivity contribution < 1.29 is 0 Å². The molecule has 2 aromatic heterocycles. The Morgan fingerprint density at radius 1 is 0.181 bits per heavy atom. The molecule has 0 atom stereocenters. The molecule has 0 saturated carbocycles. The molecule has 2 nitrogen and oxygen atoms in total. The topological polar surface area (TPSA) is 9.86 Å². The number of aromatic nitrogens is 2. The molecule has 0 amide bonds. The van der Waals surface area contributed by atoms with Gasteiger partial charge >= 0.3 is 0 Å². The number of nitrogens with zero attached hydrogens (tertiary/aromatic N) is 2. The lowest BCUT2D eigenvalue weighted by molar-refractivity contribution is 1.18. The van der Waals surface area contributed by atoms with Crippen LogP contribution in [0.15, 0.2) is 267 Å². The van der Waals surface area contributed by atoms with Crippen LogP contribution in [0.2, 0.25) is 0 Å². The van der Waals surface area contributed by atoms with Crippen molar-refractivity contribution >= 4 is 43.6 Å². The monoisotopic (exact) mass is 924 g/mol. The molecule has 0 aliphatic rings. The second-order valence-electron chi connectivity index (χ2n) is 17.7. The van der Waals surface area contributed by atoms with Crippen LogP contribution in [-0.4, -0.2) is 9.13 Å². The molecule has 0 aliphatic heterocycles. The van der Waals surface area contributed by atoms with Crippen molar-refractivity contribution in [1.29, 1.82) is 0 Å². The van der Waals surface area contributed by atoms with E-state index in [0.717, 1.165) is 11.4 Å². The molecule has 0 spiro atoms. The first kappa shape index (κ1) is 45.5. The van der Waals surface area contributed by atoms with Gasteiger partial charge in [-0.3, -0.25) is 0 Å². The first-order valence-electron chi connectivity index (χ1n) is 25.4. The normalized spacial score (nSPS) is 11.1. The van der Waals surface area contributed by atoms with Crippen LogP contribution in [-0.2, 0) is 0 Å². The molecular weight excluding hydrogens is 869 g/mol. The van der Waals surface area contributed by atoms with E-state index in [1.54, 1.807) is 0 Å². The lowest BCUT2D eigenvalue weighted by atomic mass is 9.90. The number of para-hydroxylation sites is 4. The summed E-state index contributed by atoms with van der Waals surface area (Å²) in [6.07, 6.45) is 0. The maximum absolute atomic E-state index is 2.38. The summed E-state index contributed by atoms with van der Waals surface area (Å²) in [6, 6.07) is 97.5. The van der Waals surface area contributed by atoms with Crippen molar-refractivity contribution in [2.24, 2.45) is 0 Å². The van der Waals surface area contributed by atoms with Gasteiger partial charge in [-0.1, -0.05) is 204 Å². The minimum Gasteiger partial charge on any atom is -0.309 e. The molecule has 2 heteroatoms. The molecule has 0 N–H and O–H groups in total. The second kappa shape index (κ2) is 20.2. The van der Waals surface area contributed by atoms with Crippen LogP contribution in [0.4, 0.5) is 0 Å².